The van der Waals surface area contributed by atoms with Gasteiger partial charge in [-0.3, -0.25) is 0 Å². The van der Waals surface area contributed by atoms with Crippen molar-refractivity contribution in [2.24, 2.45) is 0 Å². The van der Waals surface area contributed by atoms with Gasteiger partial charge < -0.3 is 5.32 Å². The molecule has 6 heteroatoms. The van der Waals surface area contributed by atoms with Crippen LogP contribution >= 0.6 is 15.9 Å². The molecule has 1 aromatic carbocycles. The average Bonchev–Trinajstić information content (AvgIpc) is 2.22. The second-order valence-electron chi connectivity index (χ2n) is 3.98. The van der Waals surface area contributed by atoms with Crippen LogP contribution in [0, 0.1) is 0 Å². The molecule has 0 saturated carbocycles. The maximum atomic E-state index is 12.4. The van der Waals surface area contributed by atoms with Crippen molar-refractivity contribution in [1.29, 1.82) is 0 Å². The number of likely N-dealkylation sites (N-methyl/N-ethyl adjacent to an activating group) is 1. The summed E-state index contributed by atoms with van der Waals surface area (Å²) in [7, 11) is -3.37. The van der Waals surface area contributed by atoms with Crippen molar-refractivity contribution < 1.29 is 8.42 Å². The molecule has 1 aromatic rings. The number of rotatable bonds is 4. The molecule has 0 spiro atoms. The normalized spacial score (nSPS) is 17.1. The Balaban J connectivity index is 2.34. The standard InChI is InChI=1S/C11H15BrN2O2S/c1-2-14(10-7-13-8-10)17(15,16)11-5-3-4-9(12)6-11/h3-6,10,13H,2,7-8H2,1H3. The second kappa shape index (κ2) is 5.06. The minimum Gasteiger partial charge on any atom is -0.313 e. The summed E-state index contributed by atoms with van der Waals surface area (Å²) in [5, 5.41) is 3.10. The van der Waals surface area contributed by atoms with Crippen molar-refractivity contribution in [3.8, 4) is 0 Å². The number of nitrogens with zero attached hydrogens (tertiary/aromatic N) is 1. The summed E-state index contributed by atoms with van der Waals surface area (Å²) in [6.07, 6.45) is 0. The molecular weight excluding hydrogens is 304 g/mol. The van der Waals surface area contributed by atoms with Crippen molar-refractivity contribution in [2.75, 3.05) is 19.6 Å². The topological polar surface area (TPSA) is 49.4 Å². The molecule has 0 bridgehead atoms. The molecule has 1 N–H and O–H groups in total. The van der Waals surface area contributed by atoms with Gasteiger partial charge in [-0.15, -0.1) is 0 Å². The fourth-order valence-corrected chi connectivity index (χ4v) is 4.09. The summed E-state index contributed by atoms with van der Waals surface area (Å²) in [5.41, 5.74) is 0. The van der Waals surface area contributed by atoms with E-state index >= 15 is 0 Å². The highest BCUT2D eigenvalue weighted by molar-refractivity contribution is 9.10. The smallest absolute Gasteiger partial charge is 0.243 e. The number of hydrogen-bond donors (Lipinski definition) is 1. The Morgan fingerprint density at radius 3 is 2.65 bits per heavy atom. The zero-order valence-electron chi connectivity index (χ0n) is 9.56. The van der Waals surface area contributed by atoms with E-state index in [1.807, 2.05) is 13.0 Å². The molecule has 1 aliphatic rings. The Hall–Kier alpha value is -0.430. The van der Waals surface area contributed by atoms with Crippen LogP contribution < -0.4 is 5.32 Å². The number of hydrogen-bond acceptors (Lipinski definition) is 3. The fourth-order valence-electron chi connectivity index (χ4n) is 1.86. The van der Waals surface area contributed by atoms with Gasteiger partial charge in [0.15, 0.2) is 0 Å². The van der Waals surface area contributed by atoms with Gasteiger partial charge >= 0.3 is 0 Å². The molecule has 0 atom stereocenters. The van der Waals surface area contributed by atoms with E-state index in [9.17, 15) is 8.42 Å². The summed E-state index contributed by atoms with van der Waals surface area (Å²) in [5.74, 6) is 0. The van der Waals surface area contributed by atoms with Crippen LogP contribution in [0.3, 0.4) is 0 Å². The summed E-state index contributed by atoms with van der Waals surface area (Å²) in [6.45, 7) is 3.84. The lowest BCUT2D eigenvalue weighted by molar-refractivity contribution is 0.249. The van der Waals surface area contributed by atoms with Crippen LogP contribution in [0.5, 0.6) is 0 Å². The van der Waals surface area contributed by atoms with E-state index in [-0.39, 0.29) is 6.04 Å². The van der Waals surface area contributed by atoms with Crippen molar-refractivity contribution in [1.82, 2.24) is 9.62 Å². The SMILES string of the molecule is CCN(C1CNC1)S(=O)(=O)c1cccc(Br)c1. The van der Waals surface area contributed by atoms with Crippen LogP contribution in [0.15, 0.2) is 33.6 Å². The summed E-state index contributed by atoms with van der Waals surface area (Å²) in [4.78, 5) is 0.348. The molecule has 2 rings (SSSR count). The van der Waals surface area contributed by atoms with Gasteiger partial charge in [-0.1, -0.05) is 28.9 Å². The maximum Gasteiger partial charge on any atom is 0.243 e. The fraction of sp³-hybridized carbons (Fsp3) is 0.455. The maximum absolute atomic E-state index is 12.4. The Labute approximate surface area is 110 Å². The van der Waals surface area contributed by atoms with Crippen molar-refractivity contribution in [3.05, 3.63) is 28.7 Å². The highest BCUT2D eigenvalue weighted by atomic mass is 79.9. The van der Waals surface area contributed by atoms with E-state index in [4.69, 9.17) is 0 Å². The third-order valence-electron chi connectivity index (χ3n) is 2.88. The lowest BCUT2D eigenvalue weighted by Crippen LogP contribution is -2.58. The third kappa shape index (κ3) is 2.54. The molecule has 1 fully saturated rings. The van der Waals surface area contributed by atoms with Gasteiger partial charge in [-0.25, -0.2) is 8.42 Å². The van der Waals surface area contributed by atoms with Gasteiger partial charge in [0.05, 0.1) is 4.90 Å². The average molecular weight is 319 g/mol. The molecule has 0 unspecified atom stereocenters. The molecule has 0 amide bonds. The van der Waals surface area contributed by atoms with E-state index in [0.717, 1.165) is 17.6 Å². The van der Waals surface area contributed by atoms with Crippen LogP contribution in [0.1, 0.15) is 6.92 Å². The van der Waals surface area contributed by atoms with E-state index in [1.165, 1.54) is 0 Å². The molecule has 0 aliphatic carbocycles. The van der Waals surface area contributed by atoms with Gasteiger partial charge in [0.2, 0.25) is 10.0 Å². The van der Waals surface area contributed by atoms with Gasteiger partial charge in [0, 0.05) is 30.1 Å². The number of halogens is 1. The first-order valence-corrected chi connectivity index (χ1v) is 7.77. The Bertz CT molecular complexity index is 500. The first-order chi connectivity index (χ1) is 8.05. The number of nitrogens with one attached hydrogen (secondary N) is 1. The highest BCUT2D eigenvalue weighted by Crippen LogP contribution is 2.22. The summed E-state index contributed by atoms with van der Waals surface area (Å²) in [6, 6.07) is 6.92. The second-order valence-corrected chi connectivity index (χ2v) is 6.78. The monoisotopic (exact) mass is 318 g/mol. The molecule has 1 saturated heterocycles. The quantitative estimate of drug-likeness (QED) is 0.913. The van der Waals surface area contributed by atoms with E-state index in [0.29, 0.717) is 11.4 Å². The van der Waals surface area contributed by atoms with Gasteiger partial charge in [-0.05, 0) is 18.2 Å². The minimum absolute atomic E-state index is 0.0870. The first kappa shape index (κ1) is 13.0. The van der Waals surface area contributed by atoms with Gasteiger partial charge in [-0.2, -0.15) is 4.31 Å². The Kier molecular flexibility index (Phi) is 3.87. The molecule has 0 aromatic heterocycles. The molecular formula is C11H15BrN2O2S. The van der Waals surface area contributed by atoms with Crippen molar-refractivity contribution >= 4 is 26.0 Å². The molecule has 1 aliphatic heterocycles. The molecule has 0 radical (unpaired) electrons. The Morgan fingerprint density at radius 1 is 1.47 bits per heavy atom. The van der Waals surface area contributed by atoms with Crippen LogP contribution in [0.4, 0.5) is 0 Å². The van der Waals surface area contributed by atoms with Crippen LogP contribution in [-0.4, -0.2) is 38.4 Å². The van der Waals surface area contributed by atoms with Crippen LogP contribution in [0.25, 0.3) is 0 Å². The predicted octanol–water partition coefficient (Wildman–Crippen LogP) is 1.43. The molecule has 1 heterocycles. The predicted molar refractivity (Wildman–Crippen MR) is 70.4 cm³/mol. The first-order valence-electron chi connectivity index (χ1n) is 5.54. The largest absolute Gasteiger partial charge is 0.313 e. The Morgan fingerprint density at radius 2 is 2.18 bits per heavy atom. The van der Waals surface area contributed by atoms with Gasteiger partial charge in [0.25, 0.3) is 0 Å². The molecule has 17 heavy (non-hydrogen) atoms. The molecule has 94 valence electrons. The van der Waals surface area contributed by atoms with E-state index in [1.54, 1.807) is 22.5 Å². The highest BCUT2D eigenvalue weighted by Gasteiger charge is 2.33. The van der Waals surface area contributed by atoms with Crippen molar-refractivity contribution in [3.63, 3.8) is 0 Å². The zero-order valence-corrected chi connectivity index (χ0v) is 12.0. The van der Waals surface area contributed by atoms with Gasteiger partial charge in [0.1, 0.15) is 0 Å². The summed E-state index contributed by atoms with van der Waals surface area (Å²) < 4.78 is 27.2. The van der Waals surface area contributed by atoms with Crippen LogP contribution in [-0.2, 0) is 10.0 Å². The lowest BCUT2D eigenvalue weighted by Gasteiger charge is -2.36. The third-order valence-corrected chi connectivity index (χ3v) is 5.40. The number of benzene rings is 1. The number of sulfonamides is 1. The summed E-state index contributed by atoms with van der Waals surface area (Å²) >= 11 is 3.30. The zero-order chi connectivity index (χ0) is 12.5. The lowest BCUT2D eigenvalue weighted by atomic mass is 10.2. The van der Waals surface area contributed by atoms with E-state index in [2.05, 4.69) is 21.2 Å². The molecule has 4 nitrogen and oxygen atoms in total. The van der Waals surface area contributed by atoms with E-state index < -0.39 is 10.0 Å². The van der Waals surface area contributed by atoms with Crippen LogP contribution in [0.2, 0.25) is 0 Å². The van der Waals surface area contributed by atoms with Crippen molar-refractivity contribution in [2.45, 2.75) is 17.9 Å². The minimum atomic E-state index is -3.37.